The van der Waals surface area contributed by atoms with Gasteiger partial charge >= 0.3 is 0 Å². The molecule has 26 heavy (non-hydrogen) atoms. The summed E-state index contributed by atoms with van der Waals surface area (Å²) in [6, 6.07) is 8.17. The van der Waals surface area contributed by atoms with Gasteiger partial charge in [-0.05, 0) is 30.1 Å². The molecule has 4 rings (SSSR count). The molecule has 1 unspecified atom stereocenters. The first kappa shape index (κ1) is 17.3. The summed E-state index contributed by atoms with van der Waals surface area (Å²) in [4.78, 5) is 17.7. The number of nitrogens with one attached hydrogen (secondary N) is 1. The highest BCUT2D eigenvalue weighted by Crippen LogP contribution is 2.45. The first-order chi connectivity index (χ1) is 12.4. The topological polar surface area (TPSA) is 59.8 Å². The third-order valence-corrected chi connectivity index (χ3v) is 5.70. The number of thioether (sulfide) groups is 1. The Morgan fingerprint density at radius 2 is 2.00 bits per heavy atom. The normalized spacial score (nSPS) is 21.2. The molecule has 1 aliphatic heterocycles. The SMILES string of the molecule is CCSc1nc2n(n1)C(c1ccc(C)cc1)C1=C(CC(C)(C)CC1=O)N2. The molecular weight excluding hydrogens is 344 g/mol. The number of carbonyl (C=O) groups is 1. The van der Waals surface area contributed by atoms with Crippen molar-refractivity contribution in [3.63, 3.8) is 0 Å². The molecule has 2 aliphatic rings. The van der Waals surface area contributed by atoms with Gasteiger partial charge in [-0.1, -0.05) is 62.4 Å². The Morgan fingerprint density at radius 3 is 2.69 bits per heavy atom. The van der Waals surface area contributed by atoms with Crippen LogP contribution in [0.4, 0.5) is 5.95 Å². The lowest BCUT2D eigenvalue weighted by molar-refractivity contribution is -0.118. The van der Waals surface area contributed by atoms with Crippen molar-refractivity contribution in [1.29, 1.82) is 0 Å². The number of rotatable bonds is 3. The molecule has 0 radical (unpaired) electrons. The van der Waals surface area contributed by atoms with Crippen molar-refractivity contribution in [2.24, 2.45) is 5.41 Å². The molecule has 0 fully saturated rings. The minimum absolute atomic E-state index is 0.0378. The highest BCUT2D eigenvalue weighted by molar-refractivity contribution is 7.99. The zero-order valence-corrected chi connectivity index (χ0v) is 16.5. The fraction of sp³-hybridized carbons (Fsp3) is 0.450. The lowest BCUT2D eigenvalue weighted by atomic mass is 9.73. The van der Waals surface area contributed by atoms with Crippen molar-refractivity contribution in [3.8, 4) is 0 Å². The summed E-state index contributed by atoms with van der Waals surface area (Å²) >= 11 is 1.62. The van der Waals surface area contributed by atoms with Gasteiger partial charge in [-0.2, -0.15) is 4.98 Å². The molecule has 1 aliphatic carbocycles. The molecule has 0 saturated carbocycles. The van der Waals surface area contributed by atoms with Gasteiger partial charge in [-0.15, -0.1) is 5.10 Å². The van der Waals surface area contributed by atoms with Gasteiger partial charge < -0.3 is 5.32 Å². The number of hydrogen-bond acceptors (Lipinski definition) is 5. The maximum absolute atomic E-state index is 13.1. The van der Waals surface area contributed by atoms with E-state index in [1.165, 1.54) is 5.56 Å². The van der Waals surface area contributed by atoms with Crippen LogP contribution in [0.15, 0.2) is 40.7 Å². The zero-order valence-electron chi connectivity index (χ0n) is 15.7. The molecular formula is C20H24N4OS. The Balaban J connectivity index is 1.87. The van der Waals surface area contributed by atoms with Crippen LogP contribution in [0.1, 0.15) is 50.8 Å². The van der Waals surface area contributed by atoms with Gasteiger partial charge in [0.1, 0.15) is 6.04 Å². The third-order valence-electron chi connectivity index (χ3n) is 4.98. The van der Waals surface area contributed by atoms with E-state index in [-0.39, 0.29) is 17.2 Å². The Labute approximate surface area is 158 Å². The van der Waals surface area contributed by atoms with Crippen LogP contribution in [0.2, 0.25) is 0 Å². The number of fused-ring (bicyclic) bond motifs is 1. The molecule has 2 aromatic rings. The van der Waals surface area contributed by atoms with Crippen LogP contribution in [0.5, 0.6) is 0 Å². The summed E-state index contributed by atoms with van der Waals surface area (Å²) in [6.45, 7) is 8.46. The van der Waals surface area contributed by atoms with Gasteiger partial charge in [0.05, 0.1) is 0 Å². The van der Waals surface area contributed by atoms with Crippen molar-refractivity contribution in [3.05, 3.63) is 46.7 Å². The molecule has 1 aromatic carbocycles. The van der Waals surface area contributed by atoms with Gasteiger partial charge in [0.25, 0.3) is 0 Å². The number of Topliss-reactive ketones (excluding diaryl/α,β-unsaturated/α-hetero) is 1. The molecule has 1 N–H and O–H groups in total. The van der Waals surface area contributed by atoms with E-state index in [0.29, 0.717) is 6.42 Å². The number of aryl methyl sites for hydroxylation is 1. The fourth-order valence-electron chi connectivity index (χ4n) is 3.84. The summed E-state index contributed by atoms with van der Waals surface area (Å²) < 4.78 is 1.89. The van der Waals surface area contributed by atoms with Crippen molar-refractivity contribution in [2.75, 3.05) is 11.1 Å². The Morgan fingerprint density at radius 1 is 1.27 bits per heavy atom. The Bertz CT molecular complexity index is 895. The van der Waals surface area contributed by atoms with Gasteiger partial charge in [-0.25, -0.2) is 4.68 Å². The van der Waals surface area contributed by atoms with E-state index in [4.69, 9.17) is 5.10 Å². The molecule has 0 spiro atoms. The quantitative estimate of drug-likeness (QED) is 0.816. The average molecular weight is 369 g/mol. The van der Waals surface area contributed by atoms with Crippen LogP contribution in [0, 0.1) is 12.3 Å². The molecule has 0 saturated heterocycles. The first-order valence-corrected chi connectivity index (χ1v) is 10.1. The van der Waals surface area contributed by atoms with Crippen LogP contribution >= 0.6 is 11.8 Å². The van der Waals surface area contributed by atoms with Crippen LogP contribution < -0.4 is 5.32 Å². The van der Waals surface area contributed by atoms with E-state index >= 15 is 0 Å². The number of hydrogen-bond donors (Lipinski definition) is 1. The number of carbonyl (C=O) groups excluding carboxylic acids is 1. The van der Waals surface area contributed by atoms with E-state index in [1.807, 2.05) is 4.68 Å². The van der Waals surface area contributed by atoms with E-state index in [1.54, 1.807) is 11.8 Å². The predicted octanol–water partition coefficient (Wildman–Crippen LogP) is 4.36. The predicted molar refractivity (Wildman–Crippen MR) is 104 cm³/mol. The molecule has 136 valence electrons. The van der Waals surface area contributed by atoms with Gasteiger partial charge in [-0.3, -0.25) is 4.79 Å². The number of benzene rings is 1. The lowest BCUT2D eigenvalue weighted by Crippen LogP contribution is -2.36. The molecule has 1 atom stereocenters. The average Bonchev–Trinajstić information content (AvgIpc) is 2.95. The number of aromatic nitrogens is 3. The zero-order chi connectivity index (χ0) is 18.5. The van der Waals surface area contributed by atoms with Crippen molar-refractivity contribution < 1.29 is 4.79 Å². The van der Waals surface area contributed by atoms with Crippen LogP contribution in [-0.4, -0.2) is 26.3 Å². The van der Waals surface area contributed by atoms with Crippen molar-refractivity contribution in [1.82, 2.24) is 14.8 Å². The number of nitrogens with zero attached hydrogens (tertiary/aromatic N) is 3. The Hall–Kier alpha value is -2.08. The van der Waals surface area contributed by atoms with E-state index in [0.717, 1.165) is 40.1 Å². The summed E-state index contributed by atoms with van der Waals surface area (Å²) in [5.74, 6) is 1.86. The number of ketones is 1. The minimum Gasteiger partial charge on any atom is -0.328 e. The lowest BCUT2D eigenvalue weighted by Gasteiger charge is -2.38. The first-order valence-electron chi connectivity index (χ1n) is 9.07. The van der Waals surface area contributed by atoms with E-state index in [9.17, 15) is 4.79 Å². The molecule has 0 bridgehead atoms. The molecule has 6 heteroatoms. The smallest absolute Gasteiger partial charge is 0.227 e. The second-order valence-electron chi connectivity index (χ2n) is 7.87. The summed E-state index contributed by atoms with van der Waals surface area (Å²) in [5, 5.41) is 8.86. The van der Waals surface area contributed by atoms with E-state index in [2.05, 4.69) is 62.3 Å². The van der Waals surface area contributed by atoms with Crippen LogP contribution in [0.3, 0.4) is 0 Å². The summed E-state index contributed by atoms with van der Waals surface area (Å²) in [5.41, 5.74) is 4.10. The van der Waals surface area contributed by atoms with Gasteiger partial charge in [0, 0.05) is 17.7 Å². The maximum Gasteiger partial charge on any atom is 0.227 e. The second-order valence-corrected chi connectivity index (χ2v) is 9.10. The maximum atomic E-state index is 13.1. The number of allylic oxidation sites excluding steroid dienone is 2. The molecule has 0 amide bonds. The van der Waals surface area contributed by atoms with E-state index < -0.39 is 0 Å². The van der Waals surface area contributed by atoms with Crippen LogP contribution in [0.25, 0.3) is 0 Å². The highest BCUT2D eigenvalue weighted by atomic mass is 32.2. The molecule has 1 aromatic heterocycles. The summed E-state index contributed by atoms with van der Waals surface area (Å²) in [7, 11) is 0. The summed E-state index contributed by atoms with van der Waals surface area (Å²) in [6.07, 6.45) is 1.41. The second kappa shape index (κ2) is 6.27. The third kappa shape index (κ3) is 2.96. The largest absolute Gasteiger partial charge is 0.328 e. The van der Waals surface area contributed by atoms with Crippen LogP contribution in [-0.2, 0) is 4.79 Å². The van der Waals surface area contributed by atoms with Crippen molar-refractivity contribution >= 4 is 23.5 Å². The monoisotopic (exact) mass is 368 g/mol. The number of anilines is 1. The van der Waals surface area contributed by atoms with Crippen molar-refractivity contribution in [2.45, 2.75) is 51.7 Å². The molecule has 2 heterocycles. The van der Waals surface area contributed by atoms with Gasteiger partial charge in [0.2, 0.25) is 11.1 Å². The minimum atomic E-state index is -0.204. The standard InChI is InChI=1S/C20H24N4OS/c1-5-26-19-22-18-21-14-10-20(3,4)11-15(25)16(14)17(24(18)23-19)13-8-6-12(2)7-9-13/h6-9,17H,5,10-11H2,1-4H3,(H,21,22,23). The van der Waals surface area contributed by atoms with Gasteiger partial charge in [0.15, 0.2) is 5.78 Å². The highest BCUT2D eigenvalue weighted by Gasteiger charge is 2.41. The fourth-order valence-corrected chi connectivity index (χ4v) is 4.39. The molecule has 5 nitrogen and oxygen atoms in total. The Kier molecular flexibility index (Phi) is 4.18.